The molecule has 2 aromatic carbocycles. The van der Waals surface area contributed by atoms with Gasteiger partial charge in [0.05, 0.1) is 16.6 Å². The number of nitrogens with two attached hydrogens (primary N) is 1. The van der Waals surface area contributed by atoms with Gasteiger partial charge in [0, 0.05) is 18.8 Å². The minimum absolute atomic E-state index is 0.00239. The number of hydrogen-bond acceptors (Lipinski definition) is 5. The largest absolute Gasteiger partial charge is 0.326 e. The van der Waals surface area contributed by atoms with Gasteiger partial charge in [-0.2, -0.15) is 4.31 Å². The van der Waals surface area contributed by atoms with Crippen molar-refractivity contribution in [3.05, 3.63) is 59.9 Å². The molecular formula is C19H22FN3O5S2. The van der Waals surface area contributed by atoms with E-state index in [0.29, 0.717) is 24.1 Å². The van der Waals surface area contributed by atoms with E-state index in [4.69, 9.17) is 5.14 Å². The molecule has 0 radical (unpaired) electrons. The number of carbonyl (C=O) groups is 1. The number of rotatable bonds is 6. The topological polar surface area (TPSA) is 127 Å². The highest BCUT2D eigenvalue weighted by molar-refractivity contribution is 7.89. The van der Waals surface area contributed by atoms with E-state index in [9.17, 15) is 26.0 Å². The van der Waals surface area contributed by atoms with Gasteiger partial charge in [0.2, 0.25) is 26.0 Å². The Kier molecular flexibility index (Phi) is 6.56. The van der Waals surface area contributed by atoms with Gasteiger partial charge in [-0.05, 0) is 54.8 Å². The molecule has 0 bridgehead atoms. The first-order valence-electron chi connectivity index (χ1n) is 9.20. The summed E-state index contributed by atoms with van der Waals surface area (Å²) in [6.45, 7) is 0.274. The van der Waals surface area contributed by atoms with E-state index in [2.05, 4.69) is 5.32 Å². The highest BCUT2D eigenvalue weighted by Crippen LogP contribution is 2.25. The van der Waals surface area contributed by atoms with Gasteiger partial charge in [-0.25, -0.2) is 26.4 Å². The summed E-state index contributed by atoms with van der Waals surface area (Å²) in [6, 6.07) is 10.9. The quantitative estimate of drug-likeness (QED) is 0.685. The summed E-state index contributed by atoms with van der Waals surface area (Å²) in [7, 11) is -7.54. The van der Waals surface area contributed by atoms with Crippen molar-refractivity contribution in [3.63, 3.8) is 0 Å². The summed E-state index contributed by atoms with van der Waals surface area (Å²) in [6.07, 6.45) is 1.02. The summed E-state index contributed by atoms with van der Waals surface area (Å²) >= 11 is 0. The van der Waals surface area contributed by atoms with Gasteiger partial charge < -0.3 is 5.32 Å². The third kappa shape index (κ3) is 5.63. The Morgan fingerprint density at radius 1 is 1.13 bits per heavy atom. The molecule has 0 aliphatic carbocycles. The molecule has 2 aromatic rings. The Balaban J connectivity index is 1.70. The van der Waals surface area contributed by atoms with Crippen molar-refractivity contribution in [1.82, 2.24) is 4.31 Å². The van der Waals surface area contributed by atoms with Crippen LogP contribution in [0.5, 0.6) is 0 Å². The van der Waals surface area contributed by atoms with Crippen molar-refractivity contribution in [2.24, 2.45) is 11.1 Å². The SMILES string of the molecule is NS(=O)(=O)Cc1cccc(NC(=O)C2CCCN(S(=O)(=O)c3ccc(F)cc3)C2)c1. The van der Waals surface area contributed by atoms with E-state index < -0.39 is 31.8 Å². The summed E-state index contributed by atoms with van der Waals surface area (Å²) in [5.74, 6) is -1.82. The number of amides is 1. The van der Waals surface area contributed by atoms with Gasteiger partial charge in [0.15, 0.2) is 0 Å². The van der Waals surface area contributed by atoms with Crippen LogP contribution in [0.4, 0.5) is 10.1 Å². The molecule has 0 aromatic heterocycles. The molecular weight excluding hydrogens is 433 g/mol. The van der Waals surface area contributed by atoms with E-state index in [1.54, 1.807) is 18.2 Å². The summed E-state index contributed by atoms with van der Waals surface area (Å²) in [5.41, 5.74) is 0.833. The molecule has 30 heavy (non-hydrogen) atoms. The lowest BCUT2D eigenvalue weighted by molar-refractivity contribution is -0.120. The van der Waals surface area contributed by atoms with Crippen LogP contribution in [-0.4, -0.2) is 40.1 Å². The summed E-state index contributed by atoms with van der Waals surface area (Å²) in [5, 5.41) is 7.76. The zero-order chi connectivity index (χ0) is 21.9. The molecule has 1 atom stereocenters. The molecule has 1 fully saturated rings. The Labute approximate surface area is 175 Å². The number of benzene rings is 2. The molecule has 1 aliphatic heterocycles. The number of nitrogens with zero attached hydrogens (tertiary/aromatic N) is 1. The first kappa shape index (κ1) is 22.3. The fourth-order valence-corrected chi connectivity index (χ4v) is 5.51. The molecule has 8 nitrogen and oxygen atoms in total. The van der Waals surface area contributed by atoms with Crippen LogP contribution >= 0.6 is 0 Å². The van der Waals surface area contributed by atoms with Crippen LogP contribution in [0.2, 0.25) is 0 Å². The lowest BCUT2D eigenvalue weighted by atomic mass is 9.98. The number of halogens is 1. The van der Waals surface area contributed by atoms with Crippen molar-refractivity contribution >= 4 is 31.6 Å². The van der Waals surface area contributed by atoms with E-state index in [1.165, 1.54) is 22.5 Å². The van der Waals surface area contributed by atoms with Crippen LogP contribution in [0.1, 0.15) is 18.4 Å². The molecule has 1 heterocycles. The average Bonchev–Trinajstić information content (AvgIpc) is 2.67. The van der Waals surface area contributed by atoms with E-state index in [0.717, 1.165) is 12.1 Å². The first-order chi connectivity index (χ1) is 14.0. The predicted octanol–water partition coefficient (Wildman–Crippen LogP) is 1.65. The maximum atomic E-state index is 13.1. The first-order valence-corrected chi connectivity index (χ1v) is 12.4. The second kappa shape index (κ2) is 8.80. The van der Waals surface area contributed by atoms with Gasteiger partial charge in [0.1, 0.15) is 5.82 Å². The Bertz CT molecular complexity index is 1140. The van der Waals surface area contributed by atoms with Gasteiger partial charge in [-0.1, -0.05) is 12.1 Å². The Hall–Kier alpha value is -2.34. The van der Waals surface area contributed by atoms with Crippen LogP contribution < -0.4 is 10.5 Å². The lowest BCUT2D eigenvalue weighted by Gasteiger charge is -2.31. The molecule has 0 saturated carbocycles. The van der Waals surface area contributed by atoms with Gasteiger partial charge in [-0.3, -0.25) is 4.79 Å². The number of hydrogen-bond donors (Lipinski definition) is 2. The zero-order valence-electron chi connectivity index (χ0n) is 16.0. The third-order valence-corrected chi connectivity index (χ3v) is 7.38. The predicted molar refractivity (Wildman–Crippen MR) is 110 cm³/mol. The van der Waals surface area contributed by atoms with Crippen molar-refractivity contribution < 1.29 is 26.0 Å². The molecule has 1 amide bonds. The molecule has 1 aliphatic rings. The standard InChI is InChI=1S/C19H22FN3O5S2/c20-16-6-8-18(9-7-16)30(27,28)23-10-2-4-15(12-23)19(24)22-17-5-1-3-14(11-17)13-29(21,25)26/h1,3,5-9,11,15H,2,4,10,12-13H2,(H,22,24)(H2,21,25,26). The fraction of sp³-hybridized carbons (Fsp3) is 0.316. The minimum atomic E-state index is -3.84. The zero-order valence-corrected chi connectivity index (χ0v) is 17.6. The second-order valence-electron chi connectivity index (χ2n) is 7.15. The second-order valence-corrected chi connectivity index (χ2v) is 10.7. The van der Waals surface area contributed by atoms with Crippen LogP contribution in [0.3, 0.4) is 0 Å². The van der Waals surface area contributed by atoms with E-state index in [-0.39, 0.29) is 29.6 Å². The molecule has 11 heteroatoms. The van der Waals surface area contributed by atoms with Crippen LogP contribution in [0.15, 0.2) is 53.4 Å². The number of carbonyl (C=O) groups excluding carboxylic acids is 1. The number of piperidine rings is 1. The van der Waals surface area contributed by atoms with Crippen LogP contribution in [0.25, 0.3) is 0 Å². The van der Waals surface area contributed by atoms with Crippen molar-refractivity contribution in [3.8, 4) is 0 Å². The third-order valence-electron chi connectivity index (χ3n) is 4.77. The molecule has 162 valence electrons. The van der Waals surface area contributed by atoms with Crippen molar-refractivity contribution in [2.75, 3.05) is 18.4 Å². The highest BCUT2D eigenvalue weighted by atomic mass is 32.2. The van der Waals surface area contributed by atoms with E-state index >= 15 is 0 Å². The van der Waals surface area contributed by atoms with Gasteiger partial charge >= 0.3 is 0 Å². The number of nitrogens with one attached hydrogen (secondary N) is 1. The molecule has 1 saturated heterocycles. The molecule has 3 rings (SSSR count). The maximum Gasteiger partial charge on any atom is 0.243 e. The van der Waals surface area contributed by atoms with Gasteiger partial charge in [-0.15, -0.1) is 0 Å². The monoisotopic (exact) mass is 455 g/mol. The smallest absolute Gasteiger partial charge is 0.243 e. The Morgan fingerprint density at radius 3 is 2.50 bits per heavy atom. The number of anilines is 1. The van der Waals surface area contributed by atoms with E-state index in [1.807, 2.05) is 0 Å². The molecule has 0 spiro atoms. The number of primary sulfonamides is 1. The minimum Gasteiger partial charge on any atom is -0.326 e. The van der Waals surface area contributed by atoms with Crippen LogP contribution in [0, 0.1) is 11.7 Å². The average molecular weight is 456 g/mol. The Morgan fingerprint density at radius 2 is 1.83 bits per heavy atom. The lowest BCUT2D eigenvalue weighted by Crippen LogP contribution is -2.43. The summed E-state index contributed by atoms with van der Waals surface area (Å²) < 4.78 is 62.5. The van der Waals surface area contributed by atoms with Crippen molar-refractivity contribution in [1.29, 1.82) is 0 Å². The van der Waals surface area contributed by atoms with Crippen LogP contribution in [-0.2, 0) is 30.6 Å². The summed E-state index contributed by atoms with van der Waals surface area (Å²) in [4.78, 5) is 12.7. The van der Waals surface area contributed by atoms with Crippen molar-refractivity contribution in [2.45, 2.75) is 23.5 Å². The maximum absolute atomic E-state index is 13.1. The molecule has 1 unspecified atom stereocenters. The number of sulfonamides is 2. The highest BCUT2D eigenvalue weighted by Gasteiger charge is 2.33. The fourth-order valence-electron chi connectivity index (χ4n) is 3.35. The molecule has 3 N–H and O–H groups in total. The van der Waals surface area contributed by atoms with Gasteiger partial charge in [0.25, 0.3) is 0 Å². The normalized spacial score (nSPS) is 18.1.